The third kappa shape index (κ3) is 7.89. The fourth-order valence-corrected chi connectivity index (χ4v) is 4.90. The smallest absolute Gasteiger partial charge is 0.475 e. The molecule has 0 radical (unpaired) electrons. The molecule has 0 aliphatic rings. The number of nitrogens with one attached hydrogen (secondary N) is 1. The number of carbonyl (C=O) groups is 2. The number of anilines is 2. The van der Waals surface area contributed by atoms with E-state index in [4.69, 9.17) is 21.0 Å². The Bertz CT molecular complexity index is 1190. The summed E-state index contributed by atoms with van der Waals surface area (Å²) in [7, 11) is 0. The second-order valence-electron chi connectivity index (χ2n) is 6.72. The van der Waals surface area contributed by atoms with Crippen molar-refractivity contribution in [3.63, 3.8) is 0 Å². The van der Waals surface area contributed by atoms with E-state index in [1.165, 1.54) is 16.9 Å². The molecule has 34 heavy (non-hydrogen) atoms. The van der Waals surface area contributed by atoms with Crippen LogP contribution in [-0.2, 0) is 15.3 Å². The number of halogens is 4. The number of amides is 1. The summed E-state index contributed by atoms with van der Waals surface area (Å²) in [6.07, 6.45) is -4.25. The molecular weight excluding hydrogens is 555 g/mol. The van der Waals surface area contributed by atoms with Crippen LogP contribution in [0.5, 0.6) is 0 Å². The Balaban J connectivity index is 0.000000509. The van der Waals surface area contributed by atoms with Gasteiger partial charge in [-0.1, -0.05) is 28.1 Å². The zero-order chi connectivity index (χ0) is 25.5. The standard InChI is InChI=1S/C20H18BrN3OS2.C2HF3O2/c1-13-5-6-17(24(12-25)16-4-2-3-15(21)8-16)7-14(13)10-26-18-9-19(20(22)23)27-11-18;3-2(4,5)1(6)7/h2-9,11-12H,10H2,1H3,(H3,22,23);(H,6,7). The van der Waals surface area contributed by atoms with Crippen molar-refractivity contribution in [1.29, 1.82) is 5.41 Å². The summed E-state index contributed by atoms with van der Waals surface area (Å²) in [4.78, 5) is 24.1. The van der Waals surface area contributed by atoms with Gasteiger partial charge in [-0.05, 0) is 54.4 Å². The predicted molar refractivity (Wildman–Crippen MR) is 132 cm³/mol. The Kier molecular flexibility index (Phi) is 9.71. The summed E-state index contributed by atoms with van der Waals surface area (Å²) in [6, 6.07) is 15.6. The zero-order valence-corrected chi connectivity index (χ0v) is 20.8. The molecule has 0 bridgehead atoms. The van der Waals surface area contributed by atoms with Crippen LogP contribution in [0.25, 0.3) is 0 Å². The number of rotatable bonds is 7. The highest BCUT2D eigenvalue weighted by molar-refractivity contribution is 9.10. The van der Waals surface area contributed by atoms with Gasteiger partial charge in [-0.2, -0.15) is 13.2 Å². The van der Waals surface area contributed by atoms with E-state index < -0.39 is 12.1 Å². The number of nitrogens with two attached hydrogens (primary N) is 1. The number of alkyl halides is 3. The summed E-state index contributed by atoms with van der Waals surface area (Å²) < 4.78 is 32.7. The molecule has 0 aliphatic heterocycles. The number of nitrogen functional groups attached to an aromatic ring is 1. The van der Waals surface area contributed by atoms with Gasteiger partial charge >= 0.3 is 12.1 Å². The van der Waals surface area contributed by atoms with E-state index in [1.54, 1.807) is 16.7 Å². The fraction of sp³-hybridized carbons (Fsp3) is 0.136. The van der Waals surface area contributed by atoms with Crippen LogP contribution in [0.1, 0.15) is 16.0 Å². The number of amidine groups is 1. The monoisotopic (exact) mass is 573 g/mol. The normalized spacial score (nSPS) is 10.7. The van der Waals surface area contributed by atoms with Crippen molar-refractivity contribution in [3.8, 4) is 0 Å². The van der Waals surface area contributed by atoms with Gasteiger partial charge in [-0.3, -0.25) is 15.1 Å². The average Bonchev–Trinajstić information content (AvgIpc) is 3.24. The van der Waals surface area contributed by atoms with Crippen LogP contribution in [0.15, 0.2) is 63.3 Å². The van der Waals surface area contributed by atoms with E-state index in [9.17, 15) is 18.0 Å². The summed E-state index contributed by atoms with van der Waals surface area (Å²) >= 11 is 6.63. The number of thiophene rings is 1. The van der Waals surface area contributed by atoms with Crippen molar-refractivity contribution >= 4 is 68.6 Å². The number of carboxylic acids is 1. The number of hydrogen-bond donors (Lipinski definition) is 3. The molecule has 3 aromatic rings. The number of hydrogen-bond acceptors (Lipinski definition) is 5. The summed E-state index contributed by atoms with van der Waals surface area (Å²) in [6.45, 7) is 2.07. The highest BCUT2D eigenvalue weighted by atomic mass is 79.9. The first kappa shape index (κ1) is 27.4. The lowest BCUT2D eigenvalue weighted by molar-refractivity contribution is -0.192. The van der Waals surface area contributed by atoms with E-state index in [1.807, 2.05) is 47.8 Å². The van der Waals surface area contributed by atoms with Crippen molar-refractivity contribution in [2.45, 2.75) is 23.7 Å². The predicted octanol–water partition coefficient (Wildman–Crippen LogP) is 6.32. The van der Waals surface area contributed by atoms with Crippen molar-refractivity contribution in [3.05, 3.63) is 74.4 Å². The van der Waals surface area contributed by atoms with E-state index in [0.717, 1.165) is 43.3 Å². The second-order valence-corrected chi connectivity index (χ2v) is 9.59. The largest absolute Gasteiger partial charge is 0.490 e. The molecule has 0 aliphatic carbocycles. The Morgan fingerprint density at radius 1 is 1.24 bits per heavy atom. The highest BCUT2D eigenvalue weighted by Crippen LogP contribution is 2.32. The SMILES string of the molecule is Cc1ccc(N(C=O)c2cccc(Br)c2)cc1CSc1csc(C(=N)N)c1.O=C(O)C(F)(F)F. The van der Waals surface area contributed by atoms with E-state index in [-0.39, 0.29) is 5.84 Å². The second kappa shape index (κ2) is 12.0. The summed E-state index contributed by atoms with van der Waals surface area (Å²) in [5.41, 5.74) is 9.52. The van der Waals surface area contributed by atoms with Gasteiger partial charge in [-0.25, -0.2) is 4.79 Å². The van der Waals surface area contributed by atoms with Crippen molar-refractivity contribution in [1.82, 2.24) is 0 Å². The molecule has 0 fully saturated rings. The minimum atomic E-state index is -5.08. The minimum Gasteiger partial charge on any atom is -0.475 e. The van der Waals surface area contributed by atoms with Gasteiger partial charge in [0.15, 0.2) is 0 Å². The van der Waals surface area contributed by atoms with Crippen molar-refractivity contribution in [2.24, 2.45) is 5.73 Å². The van der Waals surface area contributed by atoms with Gasteiger partial charge in [0.1, 0.15) is 5.84 Å². The molecule has 6 nitrogen and oxygen atoms in total. The van der Waals surface area contributed by atoms with Crippen molar-refractivity contribution < 1.29 is 27.9 Å². The van der Waals surface area contributed by atoms with Gasteiger partial charge in [0.2, 0.25) is 6.41 Å². The molecule has 4 N–H and O–H groups in total. The first-order valence-electron chi connectivity index (χ1n) is 9.38. The van der Waals surface area contributed by atoms with Crippen LogP contribution in [-0.4, -0.2) is 29.5 Å². The van der Waals surface area contributed by atoms with E-state index in [0.29, 0.717) is 0 Å². The highest BCUT2D eigenvalue weighted by Gasteiger charge is 2.38. The number of carbonyl (C=O) groups excluding carboxylic acids is 1. The number of benzene rings is 2. The Hall–Kier alpha value is -2.83. The quantitative estimate of drug-likeness (QED) is 0.133. The maximum absolute atomic E-state index is 11.7. The van der Waals surface area contributed by atoms with Gasteiger partial charge in [0.25, 0.3) is 0 Å². The van der Waals surface area contributed by atoms with E-state index >= 15 is 0 Å². The Morgan fingerprint density at radius 2 is 1.88 bits per heavy atom. The number of thioether (sulfide) groups is 1. The van der Waals surface area contributed by atoms with Gasteiger partial charge in [0.05, 0.1) is 4.88 Å². The van der Waals surface area contributed by atoms with Crippen LogP contribution >= 0.6 is 39.0 Å². The molecule has 3 rings (SSSR count). The van der Waals surface area contributed by atoms with E-state index in [2.05, 4.69) is 28.9 Å². The van der Waals surface area contributed by atoms with Crippen LogP contribution in [0.4, 0.5) is 24.5 Å². The maximum atomic E-state index is 11.7. The van der Waals surface area contributed by atoms with Crippen LogP contribution < -0.4 is 10.6 Å². The lowest BCUT2D eigenvalue weighted by Crippen LogP contribution is -2.21. The molecule has 12 heteroatoms. The first-order chi connectivity index (χ1) is 15.9. The minimum absolute atomic E-state index is 0.0978. The molecule has 0 saturated heterocycles. The van der Waals surface area contributed by atoms with Crippen LogP contribution in [0.3, 0.4) is 0 Å². The molecule has 1 aromatic heterocycles. The average molecular weight is 574 g/mol. The van der Waals surface area contributed by atoms with Gasteiger partial charge in [-0.15, -0.1) is 23.1 Å². The first-order valence-corrected chi connectivity index (χ1v) is 12.0. The number of aryl methyl sites for hydroxylation is 1. The lowest BCUT2D eigenvalue weighted by Gasteiger charge is -2.19. The summed E-state index contributed by atoms with van der Waals surface area (Å²) in [5.74, 6) is -1.88. The molecule has 0 spiro atoms. The maximum Gasteiger partial charge on any atom is 0.490 e. The van der Waals surface area contributed by atoms with Gasteiger partial charge in [0, 0.05) is 31.9 Å². The molecule has 0 atom stereocenters. The molecule has 0 unspecified atom stereocenters. The number of aliphatic carboxylic acids is 1. The van der Waals surface area contributed by atoms with Crippen LogP contribution in [0, 0.1) is 12.3 Å². The van der Waals surface area contributed by atoms with Gasteiger partial charge < -0.3 is 10.8 Å². The molecule has 2 aromatic carbocycles. The third-order valence-corrected chi connectivity index (χ3v) is 6.91. The summed E-state index contributed by atoms with van der Waals surface area (Å²) in [5, 5.41) is 16.6. The molecule has 1 heterocycles. The molecule has 0 saturated carbocycles. The van der Waals surface area contributed by atoms with Crippen molar-refractivity contribution in [2.75, 3.05) is 4.90 Å². The molecule has 1 amide bonds. The zero-order valence-electron chi connectivity index (χ0n) is 17.6. The molecular formula is C22H19BrF3N3O3S2. The lowest BCUT2D eigenvalue weighted by atomic mass is 10.1. The van der Waals surface area contributed by atoms with Crippen LogP contribution in [0.2, 0.25) is 0 Å². The number of nitrogens with zero attached hydrogens (tertiary/aromatic N) is 1. The Morgan fingerprint density at radius 3 is 2.41 bits per heavy atom. The fourth-order valence-electron chi connectivity index (χ4n) is 2.56. The Labute approximate surface area is 210 Å². The third-order valence-electron chi connectivity index (χ3n) is 4.28. The molecule has 180 valence electrons. The number of carboxylic acid groups (broad SMARTS) is 1. The topological polar surface area (TPSA) is 107 Å².